The minimum Gasteiger partial charge on any atom is -0.299 e. The van der Waals surface area contributed by atoms with Crippen molar-refractivity contribution in [2.75, 3.05) is 11.9 Å². The first-order chi connectivity index (χ1) is 11.1. The first-order valence-electron chi connectivity index (χ1n) is 7.58. The van der Waals surface area contributed by atoms with Gasteiger partial charge in [0, 0.05) is 29.7 Å². The van der Waals surface area contributed by atoms with Crippen LogP contribution in [0.2, 0.25) is 10.0 Å². The SMILES string of the molecule is Cc1nn(C)c2c1C(c1ccc(Cl)cc1Cl)SC(C)(C)C(=O)N2C. The normalized spacial score (nSPS) is 20.0. The van der Waals surface area contributed by atoms with E-state index in [-0.39, 0.29) is 11.2 Å². The Labute approximate surface area is 156 Å². The topological polar surface area (TPSA) is 38.1 Å². The summed E-state index contributed by atoms with van der Waals surface area (Å²) in [5.41, 5.74) is 2.86. The predicted molar refractivity (Wildman–Crippen MR) is 101 cm³/mol. The molecule has 0 saturated heterocycles. The number of halogens is 2. The molecule has 7 heteroatoms. The average molecular weight is 384 g/mol. The molecular weight excluding hydrogens is 365 g/mol. The smallest absolute Gasteiger partial charge is 0.243 e. The van der Waals surface area contributed by atoms with Crippen LogP contribution in [0, 0.1) is 6.92 Å². The van der Waals surface area contributed by atoms with Crippen molar-refractivity contribution in [1.29, 1.82) is 0 Å². The van der Waals surface area contributed by atoms with Crippen LogP contribution in [0.5, 0.6) is 0 Å². The van der Waals surface area contributed by atoms with Crippen LogP contribution in [0.1, 0.15) is 35.9 Å². The van der Waals surface area contributed by atoms with E-state index < -0.39 is 4.75 Å². The van der Waals surface area contributed by atoms with Crippen LogP contribution >= 0.6 is 35.0 Å². The summed E-state index contributed by atoms with van der Waals surface area (Å²) < 4.78 is 1.18. The highest BCUT2D eigenvalue weighted by Gasteiger charge is 2.43. The average Bonchev–Trinajstić information content (AvgIpc) is 2.74. The molecule has 0 aliphatic carbocycles. The van der Waals surface area contributed by atoms with Gasteiger partial charge < -0.3 is 0 Å². The molecule has 24 heavy (non-hydrogen) atoms. The largest absolute Gasteiger partial charge is 0.299 e. The van der Waals surface area contributed by atoms with Crippen molar-refractivity contribution in [3.63, 3.8) is 0 Å². The highest BCUT2D eigenvalue weighted by molar-refractivity contribution is 8.01. The summed E-state index contributed by atoms with van der Waals surface area (Å²) in [6.45, 7) is 5.86. The molecular formula is C17H19Cl2N3OS. The molecule has 1 atom stereocenters. The quantitative estimate of drug-likeness (QED) is 0.721. The maximum absolute atomic E-state index is 12.9. The summed E-state index contributed by atoms with van der Waals surface area (Å²) >= 11 is 14.1. The third kappa shape index (κ3) is 2.72. The maximum atomic E-state index is 12.9. The third-order valence-electron chi connectivity index (χ3n) is 4.29. The Balaban J connectivity index is 2.28. The van der Waals surface area contributed by atoms with E-state index in [2.05, 4.69) is 5.10 Å². The van der Waals surface area contributed by atoms with E-state index in [0.29, 0.717) is 10.0 Å². The zero-order valence-electron chi connectivity index (χ0n) is 14.2. The van der Waals surface area contributed by atoms with E-state index in [0.717, 1.165) is 22.6 Å². The number of aromatic nitrogens is 2. The Hall–Kier alpha value is -1.17. The van der Waals surface area contributed by atoms with Crippen molar-refractivity contribution in [1.82, 2.24) is 9.78 Å². The second-order valence-corrected chi connectivity index (χ2v) is 9.06. The van der Waals surface area contributed by atoms with Crippen LogP contribution in [0.4, 0.5) is 5.82 Å². The monoisotopic (exact) mass is 383 g/mol. The Morgan fingerprint density at radius 3 is 2.54 bits per heavy atom. The van der Waals surface area contributed by atoms with Gasteiger partial charge in [0.05, 0.1) is 15.7 Å². The fraction of sp³-hybridized carbons (Fsp3) is 0.412. The van der Waals surface area contributed by atoms with Crippen molar-refractivity contribution in [2.45, 2.75) is 30.8 Å². The lowest BCUT2D eigenvalue weighted by Crippen LogP contribution is -2.41. The lowest BCUT2D eigenvalue weighted by molar-refractivity contribution is -0.119. The molecule has 0 bridgehead atoms. The molecule has 0 saturated carbocycles. The number of carbonyl (C=O) groups excluding carboxylic acids is 1. The zero-order chi connectivity index (χ0) is 17.8. The number of fused-ring (bicyclic) bond motifs is 1. The summed E-state index contributed by atoms with van der Waals surface area (Å²) in [7, 11) is 3.66. The minimum absolute atomic E-state index is 0.0457. The van der Waals surface area contributed by atoms with Crippen molar-refractivity contribution in [3.05, 3.63) is 45.1 Å². The predicted octanol–water partition coefficient (Wildman–Crippen LogP) is 4.61. The van der Waals surface area contributed by atoms with E-state index in [1.807, 2.05) is 40.0 Å². The molecule has 2 aromatic rings. The number of hydrogen-bond donors (Lipinski definition) is 0. The van der Waals surface area contributed by atoms with Crippen LogP contribution in [0.3, 0.4) is 0 Å². The standard InChI is InChI=1S/C17H19Cl2N3OS/c1-9-13-14(11-7-6-10(18)8-12(11)19)24-17(2,3)16(23)21(4)15(13)22(5)20-9/h6-8,14H,1-5H3. The number of amides is 1. The fourth-order valence-electron chi connectivity index (χ4n) is 3.20. The summed E-state index contributed by atoms with van der Waals surface area (Å²) in [6, 6.07) is 5.51. The van der Waals surface area contributed by atoms with Crippen molar-refractivity contribution in [2.24, 2.45) is 7.05 Å². The van der Waals surface area contributed by atoms with Crippen LogP contribution in [0.25, 0.3) is 0 Å². The molecule has 4 nitrogen and oxygen atoms in total. The Bertz CT molecular complexity index is 831. The number of nitrogens with zero attached hydrogens (tertiary/aromatic N) is 3. The fourth-order valence-corrected chi connectivity index (χ4v) is 5.34. The molecule has 1 unspecified atom stereocenters. The van der Waals surface area contributed by atoms with Gasteiger partial charge >= 0.3 is 0 Å². The molecule has 0 N–H and O–H groups in total. The van der Waals surface area contributed by atoms with Gasteiger partial charge in [-0.3, -0.25) is 14.4 Å². The Morgan fingerprint density at radius 1 is 1.25 bits per heavy atom. The molecule has 1 aliphatic heterocycles. The van der Waals surface area contributed by atoms with E-state index in [4.69, 9.17) is 23.2 Å². The second kappa shape index (κ2) is 5.97. The van der Waals surface area contributed by atoms with E-state index in [1.54, 1.807) is 34.5 Å². The summed E-state index contributed by atoms with van der Waals surface area (Å²) in [6.07, 6.45) is 0. The van der Waals surface area contributed by atoms with Gasteiger partial charge in [0.15, 0.2) is 0 Å². The maximum Gasteiger partial charge on any atom is 0.243 e. The van der Waals surface area contributed by atoms with Gasteiger partial charge in [-0.05, 0) is 38.5 Å². The lowest BCUT2D eigenvalue weighted by atomic mass is 10.0. The molecule has 1 aliphatic rings. The minimum atomic E-state index is -0.589. The van der Waals surface area contributed by atoms with Gasteiger partial charge in [0.2, 0.25) is 5.91 Å². The first kappa shape index (κ1) is 17.6. The first-order valence-corrected chi connectivity index (χ1v) is 9.21. The van der Waals surface area contributed by atoms with E-state index in [9.17, 15) is 4.79 Å². The van der Waals surface area contributed by atoms with Gasteiger partial charge in [-0.15, -0.1) is 11.8 Å². The van der Waals surface area contributed by atoms with E-state index >= 15 is 0 Å². The van der Waals surface area contributed by atoms with Crippen molar-refractivity contribution < 1.29 is 4.79 Å². The zero-order valence-corrected chi connectivity index (χ0v) is 16.6. The lowest BCUT2D eigenvalue weighted by Gasteiger charge is -2.27. The number of rotatable bonds is 1. The van der Waals surface area contributed by atoms with Gasteiger partial charge in [0.25, 0.3) is 0 Å². The summed E-state index contributed by atoms with van der Waals surface area (Å²) in [4.78, 5) is 14.6. The van der Waals surface area contributed by atoms with Gasteiger partial charge in [-0.25, -0.2) is 0 Å². The number of anilines is 1. The Morgan fingerprint density at radius 2 is 1.92 bits per heavy atom. The van der Waals surface area contributed by atoms with E-state index in [1.165, 1.54) is 0 Å². The number of hydrogen-bond acceptors (Lipinski definition) is 3. The highest BCUT2D eigenvalue weighted by Crippen LogP contribution is 2.52. The van der Waals surface area contributed by atoms with Crippen molar-refractivity contribution in [3.8, 4) is 0 Å². The third-order valence-corrected chi connectivity index (χ3v) is 6.35. The molecule has 1 amide bonds. The highest BCUT2D eigenvalue weighted by atomic mass is 35.5. The number of carbonyl (C=O) groups is 1. The van der Waals surface area contributed by atoms with Gasteiger partial charge in [-0.1, -0.05) is 29.3 Å². The van der Waals surface area contributed by atoms with Gasteiger partial charge in [0.1, 0.15) is 5.82 Å². The second-order valence-electron chi connectivity index (χ2n) is 6.48. The molecule has 128 valence electrons. The summed E-state index contributed by atoms with van der Waals surface area (Å²) in [5.74, 6) is 0.857. The molecule has 0 radical (unpaired) electrons. The Kier molecular flexibility index (Phi) is 4.39. The molecule has 3 rings (SSSR count). The molecule has 2 heterocycles. The number of benzene rings is 1. The van der Waals surface area contributed by atoms with Crippen LogP contribution in [0.15, 0.2) is 18.2 Å². The molecule has 1 aromatic heterocycles. The molecule has 1 aromatic carbocycles. The van der Waals surface area contributed by atoms with Crippen LogP contribution in [-0.4, -0.2) is 27.5 Å². The van der Waals surface area contributed by atoms with Crippen LogP contribution < -0.4 is 4.90 Å². The van der Waals surface area contributed by atoms with Crippen molar-refractivity contribution >= 4 is 46.7 Å². The molecule has 0 fully saturated rings. The summed E-state index contributed by atoms with van der Waals surface area (Å²) in [5, 5.41) is 5.63. The number of thioether (sulfide) groups is 1. The van der Waals surface area contributed by atoms with Gasteiger partial charge in [-0.2, -0.15) is 5.10 Å². The van der Waals surface area contributed by atoms with Crippen LogP contribution in [-0.2, 0) is 11.8 Å². The number of aryl methyl sites for hydroxylation is 2. The molecule has 0 spiro atoms.